The Morgan fingerprint density at radius 1 is 1.16 bits per heavy atom. The molecular formula is C18H16N2O5. The molecular weight excluding hydrogens is 324 g/mol. The van der Waals surface area contributed by atoms with E-state index in [1.165, 1.54) is 25.3 Å². The number of fused-ring (bicyclic) bond motifs is 3. The Morgan fingerprint density at radius 3 is 2.24 bits per heavy atom. The van der Waals surface area contributed by atoms with Crippen LogP contribution in [0.1, 0.15) is 12.8 Å². The number of nitrogens with zero attached hydrogens (tertiary/aromatic N) is 2. The number of nitro groups is 1. The Kier molecular flexibility index (Phi) is 2.62. The fourth-order valence-corrected chi connectivity index (χ4v) is 5.28. The molecule has 25 heavy (non-hydrogen) atoms. The molecule has 4 aliphatic rings. The minimum Gasteiger partial charge on any atom is -0.495 e. The van der Waals surface area contributed by atoms with Crippen molar-refractivity contribution in [1.82, 2.24) is 0 Å². The summed E-state index contributed by atoms with van der Waals surface area (Å²) >= 11 is 0. The van der Waals surface area contributed by atoms with Gasteiger partial charge < -0.3 is 4.74 Å². The first kappa shape index (κ1) is 14.6. The van der Waals surface area contributed by atoms with Gasteiger partial charge in [-0.05, 0) is 36.2 Å². The van der Waals surface area contributed by atoms with Crippen LogP contribution in [0.15, 0.2) is 30.4 Å². The summed E-state index contributed by atoms with van der Waals surface area (Å²) in [5.74, 6) is -0.659. The molecule has 4 atom stereocenters. The molecule has 0 N–H and O–H groups in total. The maximum absolute atomic E-state index is 13.1. The number of carbonyl (C=O) groups is 2. The highest BCUT2D eigenvalue weighted by atomic mass is 16.6. The summed E-state index contributed by atoms with van der Waals surface area (Å²) in [5, 5.41) is 11.1. The van der Waals surface area contributed by atoms with Gasteiger partial charge in [-0.1, -0.05) is 12.2 Å². The second kappa shape index (κ2) is 4.47. The van der Waals surface area contributed by atoms with Gasteiger partial charge in [0, 0.05) is 12.1 Å². The minimum absolute atomic E-state index is 0.119. The van der Waals surface area contributed by atoms with Crippen LogP contribution in [0.3, 0.4) is 0 Å². The summed E-state index contributed by atoms with van der Waals surface area (Å²) in [7, 11) is 1.42. The third kappa shape index (κ3) is 1.61. The van der Waals surface area contributed by atoms with E-state index in [2.05, 4.69) is 12.2 Å². The average molecular weight is 340 g/mol. The first-order valence-electron chi connectivity index (χ1n) is 8.38. The summed E-state index contributed by atoms with van der Waals surface area (Å²) < 4.78 is 5.25. The molecule has 3 fully saturated rings. The summed E-state index contributed by atoms with van der Waals surface area (Å²) in [6.45, 7) is 0. The second-order valence-corrected chi connectivity index (χ2v) is 7.35. The number of anilines is 1. The van der Waals surface area contributed by atoms with E-state index in [4.69, 9.17) is 4.74 Å². The normalized spacial score (nSPS) is 33.2. The van der Waals surface area contributed by atoms with Crippen molar-refractivity contribution in [3.63, 3.8) is 0 Å². The molecule has 7 heteroatoms. The van der Waals surface area contributed by atoms with Crippen LogP contribution in [0, 0.1) is 39.2 Å². The number of ether oxygens (including phenoxy) is 1. The maximum atomic E-state index is 13.1. The van der Waals surface area contributed by atoms with Crippen LogP contribution < -0.4 is 9.64 Å². The van der Waals surface area contributed by atoms with Crippen LogP contribution in [-0.4, -0.2) is 23.8 Å². The van der Waals surface area contributed by atoms with Gasteiger partial charge >= 0.3 is 0 Å². The lowest BCUT2D eigenvalue weighted by Gasteiger charge is -2.22. The Labute approximate surface area is 143 Å². The van der Waals surface area contributed by atoms with Crippen LogP contribution in [-0.2, 0) is 9.59 Å². The highest BCUT2D eigenvalue weighted by molar-refractivity contribution is 6.23. The van der Waals surface area contributed by atoms with Crippen LogP contribution in [0.4, 0.5) is 11.4 Å². The summed E-state index contributed by atoms with van der Waals surface area (Å²) in [6, 6.07) is 3.98. The number of non-ortho nitro benzene ring substituents is 1. The number of methoxy groups -OCH3 is 1. The fraction of sp³-hybridized carbons (Fsp3) is 0.444. The number of hydrogen-bond donors (Lipinski definition) is 0. The van der Waals surface area contributed by atoms with Crippen molar-refractivity contribution in [3.05, 3.63) is 40.5 Å². The van der Waals surface area contributed by atoms with Crippen LogP contribution in [0.2, 0.25) is 0 Å². The van der Waals surface area contributed by atoms with E-state index in [1.54, 1.807) is 0 Å². The summed E-state index contributed by atoms with van der Waals surface area (Å²) in [6.07, 6.45) is 6.34. The van der Waals surface area contributed by atoms with Crippen LogP contribution >= 0.6 is 0 Å². The van der Waals surface area contributed by atoms with Crippen molar-refractivity contribution >= 4 is 23.2 Å². The lowest BCUT2D eigenvalue weighted by atomic mass is 9.85. The van der Waals surface area contributed by atoms with Gasteiger partial charge in [0.25, 0.3) is 5.69 Å². The fourth-order valence-electron chi connectivity index (χ4n) is 5.28. The van der Waals surface area contributed by atoms with Crippen LogP contribution in [0.5, 0.6) is 5.75 Å². The number of benzene rings is 1. The first-order valence-corrected chi connectivity index (χ1v) is 8.38. The zero-order valence-corrected chi connectivity index (χ0v) is 13.5. The quantitative estimate of drug-likeness (QED) is 0.364. The van der Waals surface area contributed by atoms with Gasteiger partial charge in [0.1, 0.15) is 11.4 Å². The van der Waals surface area contributed by atoms with E-state index >= 15 is 0 Å². The third-order valence-corrected chi connectivity index (χ3v) is 6.47. The van der Waals surface area contributed by atoms with E-state index in [0.717, 1.165) is 17.7 Å². The van der Waals surface area contributed by atoms with Crippen molar-refractivity contribution in [2.75, 3.05) is 12.0 Å². The largest absolute Gasteiger partial charge is 0.495 e. The molecule has 1 heterocycles. The molecule has 7 nitrogen and oxygen atoms in total. The predicted molar refractivity (Wildman–Crippen MR) is 86.9 cm³/mol. The Bertz CT molecular complexity index is 838. The number of amides is 2. The van der Waals surface area contributed by atoms with Crippen LogP contribution in [0.25, 0.3) is 0 Å². The summed E-state index contributed by atoms with van der Waals surface area (Å²) in [5.41, 5.74) is 0.123. The highest BCUT2D eigenvalue weighted by Gasteiger charge is 2.73. The Hall–Kier alpha value is -2.70. The van der Waals surface area contributed by atoms with E-state index < -0.39 is 4.92 Å². The lowest BCUT2D eigenvalue weighted by Crippen LogP contribution is -2.35. The van der Waals surface area contributed by atoms with Gasteiger partial charge in [0.05, 0.1) is 23.9 Å². The molecule has 1 saturated heterocycles. The number of hydrogen-bond acceptors (Lipinski definition) is 5. The predicted octanol–water partition coefficient (Wildman–Crippen LogP) is 2.30. The van der Waals surface area contributed by atoms with Gasteiger partial charge in [0.15, 0.2) is 0 Å². The topological polar surface area (TPSA) is 89.8 Å². The molecule has 1 aromatic carbocycles. The van der Waals surface area contributed by atoms with Gasteiger partial charge in [-0.15, -0.1) is 0 Å². The maximum Gasteiger partial charge on any atom is 0.271 e. The highest BCUT2D eigenvalue weighted by Crippen LogP contribution is 2.73. The smallest absolute Gasteiger partial charge is 0.271 e. The molecule has 0 radical (unpaired) electrons. The molecule has 128 valence electrons. The first-order chi connectivity index (χ1) is 12.0. The van der Waals surface area contributed by atoms with Crippen molar-refractivity contribution in [3.8, 4) is 5.75 Å². The Morgan fingerprint density at radius 2 is 1.76 bits per heavy atom. The molecule has 2 amide bonds. The zero-order valence-electron chi connectivity index (χ0n) is 13.5. The van der Waals surface area contributed by atoms with Crippen molar-refractivity contribution in [1.29, 1.82) is 0 Å². The standard InChI is InChI=1S/C18H16N2O5/c1-25-13-5-2-9(20(23)24)8-12(13)19-16(21)14-10-3-4-11(15(14)17(19)22)18(10)6-7-18/h2-5,8,10-11,14-15H,6-7H2,1H3/t10-,11-,14+,15+/m1/s1. The van der Waals surface area contributed by atoms with Gasteiger partial charge in [0.2, 0.25) is 11.8 Å². The van der Waals surface area contributed by atoms with Crippen molar-refractivity contribution < 1.29 is 19.2 Å². The Balaban J connectivity index is 1.59. The lowest BCUT2D eigenvalue weighted by molar-refractivity contribution is -0.384. The zero-order chi connectivity index (χ0) is 17.5. The third-order valence-electron chi connectivity index (χ3n) is 6.47. The monoisotopic (exact) mass is 340 g/mol. The number of allylic oxidation sites excluding steroid dienone is 2. The number of nitro benzene ring substituents is 1. The van der Waals surface area contributed by atoms with E-state index in [1.807, 2.05) is 0 Å². The average Bonchev–Trinajstić information content (AvgIpc) is 3.19. The van der Waals surface area contributed by atoms with Gasteiger partial charge in [-0.25, -0.2) is 4.90 Å². The van der Waals surface area contributed by atoms with Crippen molar-refractivity contribution in [2.24, 2.45) is 29.1 Å². The molecule has 1 aliphatic heterocycles. The molecule has 0 unspecified atom stereocenters. The molecule has 1 aromatic rings. The molecule has 2 bridgehead atoms. The van der Waals surface area contributed by atoms with Gasteiger partial charge in [-0.3, -0.25) is 19.7 Å². The number of imide groups is 1. The molecule has 3 aliphatic carbocycles. The van der Waals surface area contributed by atoms with E-state index in [9.17, 15) is 19.7 Å². The molecule has 5 rings (SSSR count). The molecule has 0 aromatic heterocycles. The van der Waals surface area contributed by atoms with E-state index in [0.29, 0.717) is 0 Å². The SMILES string of the molecule is COc1ccc([N+](=O)[O-])cc1N1C(=O)[C@@H]2[C@@H](C1=O)[C@H]1C=C[C@H]2C12CC2. The van der Waals surface area contributed by atoms with Crippen molar-refractivity contribution in [2.45, 2.75) is 12.8 Å². The summed E-state index contributed by atoms with van der Waals surface area (Å²) in [4.78, 5) is 37.9. The van der Waals surface area contributed by atoms with E-state index in [-0.39, 0.29) is 58.0 Å². The number of carbonyl (C=O) groups excluding carboxylic acids is 2. The second-order valence-electron chi connectivity index (χ2n) is 7.35. The van der Waals surface area contributed by atoms with Gasteiger partial charge in [-0.2, -0.15) is 0 Å². The molecule has 2 saturated carbocycles. The molecule has 1 spiro atoms. The minimum atomic E-state index is -0.542. The number of rotatable bonds is 3.